The van der Waals surface area contributed by atoms with Crippen LogP contribution in [0.3, 0.4) is 0 Å². The van der Waals surface area contributed by atoms with E-state index in [4.69, 9.17) is 46.0 Å². The van der Waals surface area contributed by atoms with Crippen molar-refractivity contribution >= 4 is 37.7 Å². The van der Waals surface area contributed by atoms with Crippen molar-refractivity contribution in [3.05, 3.63) is 0 Å². The summed E-state index contributed by atoms with van der Waals surface area (Å²) in [4.78, 5) is 0. The molecule has 0 aromatic rings. The first-order valence-corrected chi connectivity index (χ1v) is 7.09. The van der Waals surface area contributed by atoms with Gasteiger partial charge in [0.25, 0.3) is 0 Å². The molecule has 0 spiro atoms. The Morgan fingerprint density at radius 1 is 0.815 bits per heavy atom. The molecule has 0 amide bonds. The first kappa shape index (κ1) is 33.0. The molecule has 2 aliphatic heterocycles. The van der Waals surface area contributed by atoms with Crippen LogP contribution in [0.25, 0.3) is 0 Å². The SMILES string of the molecule is OCC1(O)OC[C@@H](O)[C@H](O)[C@H]1O.OCC1OC(O)C(O)[C@@H](O)[C@@H]1O.[Ca+2].[Cl-].[Cl-]. The van der Waals surface area contributed by atoms with E-state index in [-0.39, 0.29) is 69.2 Å². The Labute approximate surface area is 196 Å². The summed E-state index contributed by atoms with van der Waals surface area (Å²) in [5, 5.41) is 89.6. The second-order valence-electron chi connectivity index (χ2n) is 5.54. The molecular weight excluding hydrogens is 447 g/mol. The summed E-state index contributed by atoms with van der Waals surface area (Å²) in [7, 11) is 0. The van der Waals surface area contributed by atoms with Crippen LogP contribution in [-0.2, 0) is 9.47 Å². The number of halogens is 2. The van der Waals surface area contributed by atoms with Gasteiger partial charge in [-0.1, -0.05) is 0 Å². The number of ether oxygens (including phenoxy) is 2. The van der Waals surface area contributed by atoms with Gasteiger partial charge in [0.05, 0.1) is 19.8 Å². The molecule has 0 bridgehead atoms. The molecule has 2 saturated heterocycles. The van der Waals surface area contributed by atoms with Crippen molar-refractivity contribution in [2.24, 2.45) is 0 Å². The monoisotopic (exact) mass is 470 g/mol. The summed E-state index contributed by atoms with van der Waals surface area (Å²) in [5.74, 6) is -2.17. The Kier molecular flexibility index (Phi) is 17.6. The third-order valence-corrected chi connectivity index (χ3v) is 3.78. The molecule has 0 aliphatic carbocycles. The second-order valence-corrected chi connectivity index (χ2v) is 5.54. The minimum Gasteiger partial charge on any atom is -1.00 e. The molecule has 0 aromatic carbocycles. The fraction of sp³-hybridized carbons (Fsp3) is 1.00. The van der Waals surface area contributed by atoms with Crippen molar-refractivity contribution in [2.45, 2.75) is 54.8 Å². The maximum atomic E-state index is 9.24. The standard InChI is InChI=1S/2C6H12O6.Ca.2ClH/c7-2-6(11)5(10)4(9)3(8)1-12-6;7-1-2-3(8)4(9)5(10)6(11)12-2;;;/h3-5,7-11H,1-2H2;2-11H,1H2;;2*1H/q;;+2;;/p-2/t3-,4+,5-,6?;2?,3-,4+,5?,6?;;;/m11.../s1. The zero-order valence-corrected chi connectivity index (χ0v) is 17.7. The second kappa shape index (κ2) is 14.4. The van der Waals surface area contributed by atoms with E-state index in [1.165, 1.54) is 0 Å². The van der Waals surface area contributed by atoms with Gasteiger partial charge in [0.2, 0.25) is 5.79 Å². The van der Waals surface area contributed by atoms with Crippen LogP contribution in [0.1, 0.15) is 0 Å². The van der Waals surface area contributed by atoms with E-state index in [1.807, 2.05) is 0 Å². The van der Waals surface area contributed by atoms with Crippen molar-refractivity contribution < 1.29 is 85.4 Å². The maximum absolute atomic E-state index is 9.24. The molecule has 4 unspecified atom stereocenters. The van der Waals surface area contributed by atoms with Crippen molar-refractivity contribution in [2.75, 3.05) is 19.8 Å². The topological polar surface area (TPSA) is 221 Å². The molecular formula is C12H24CaCl2O12. The summed E-state index contributed by atoms with van der Waals surface area (Å²) in [6.45, 7) is -1.69. The van der Waals surface area contributed by atoms with Crippen LogP contribution in [0.4, 0.5) is 0 Å². The van der Waals surface area contributed by atoms with Gasteiger partial charge in [-0.25, -0.2) is 0 Å². The molecule has 12 nitrogen and oxygen atoms in total. The Balaban J connectivity index is -0.000000384. The molecule has 2 rings (SSSR count). The van der Waals surface area contributed by atoms with E-state index in [9.17, 15) is 5.11 Å². The minimum absolute atomic E-state index is 0. The third-order valence-electron chi connectivity index (χ3n) is 3.78. The Hall–Kier alpha value is 1.36. The van der Waals surface area contributed by atoms with Crippen LogP contribution in [0.2, 0.25) is 0 Å². The molecule has 2 aliphatic rings. The molecule has 2 heterocycles. The normalized spacial score (nSPS) is 43.8. The predicted octanol–water partition coefficient (Wildman–Crippen LogP) is -12.8. The Morgan fingerprint density at radius 3 is 1.78 bits per heavy atom. The van der Waals surface area contributed by atoms with E-state index in [0.29, 0.717) is 0 Å². The van der Waals surface area contributed by atoms with Gasteiger partial charge >= 0.3 is 37.7 Å². The predicted molar refractivity (Wildman–Crippen MR) is 77.7 cm³/mol. The van der Waals surface area contributed by atoms with Gasteiger partial charge in [0.15, 0.2) is 6.29 Å². The van der Waals surface area contributed by atoms with Gasteiger partial charge in [-0.3, -0.25) is 0 Å². The molecule has 0 aromatic heterocycles. The average Bonchev–Trinajstić information content (AvgIpc) is 2.58. The molecule has 2 fully saturated rings. The number of hydrogen-bond acceptors (Lipinski definition) is 12. The van der Waals surface area contributed by atoms with Crippen LogP contribution in [0.5, 0.6) is 0 Å². The van der Waals surface area contributed by atoms with Crippen LogP contribution >= 0.6 is 0 Å². The smallest absolute Gasteiger partial charge is 1.00 e. The van der Waals surface area contributed by atoms with Crippen molar-refractivity contribution in [1.82, 2.24) is 0 Å². The molecule has 160 valence electrons. The van der Waals surface area contributed by atoms with Crippen LogP contribution in [-0.4, -0.2) is 163 Å². The maximum Gasteiger partial charge on any atom is 2.00 e. The summed E-state index contributed by atoms with van der Waals surface area (Å²) >= 11 is 0. The fourth-order valence-corrected chi connectivity index (χ4v) is 2.11. The van der Waals surface area contributed by atoms with Crippen LogP contribution < -0.4 is 24.8 Å². The number of aliphatic hydroxyl groups is 10. The summed E-state index contributed by atoms with van der Waals surface area (Å²) < 4.78 is 9.13. The van der Waals surface area contributed by atoms with Crippen molar-refractivity contribution in [1.29, 1.82) is 0 Å². The molecule has 15 heteroatoms. The van der Waals surface area contributed by atoms with Gasteiger partial charge in [-0.2, -0.15) is 0 Å². The zero-order chi connectivity index (χ0) is 18.7. The summed E-state index contributed by atoms with van der Waals surface area (Å²) in [5.41, 5.74) is 0. The molecule has 0 radical (unpaired) electrons. The van der Waals surface area contributed by atoms with Gasteiger partial charge in [0, 0.05) is 0 Å². The van der Waals surface area contributed by atoms with E-state index >= 15 is 0 Å². The van der Waals surface area contributed by atoms with E-state index in [0.717, 1.165) is 0 Å². The molecule has 27 heavy (non-hydrogen) atoms. The fourth-order valence-electron chi connectivity index (χ4n) is 2.11. The van der Waals surface area contributed by atoms with E-state index < -0.39 is 68.0 Å². The van der Waals surface area contributed by atoms with Crippen LogP contribution in [0, 0.1) is 0 Å². The summed E-state index contributed by atoms with van der Waals surface area (Å²) in [6, 6.07) is 0. The average molecular weight is 471 g/mol. The van der Waals surface area contributed by atoms with Crippen LogP contribution in [0.15, 0.2) is 0 Å². The number of hydrogen-bond donors (Lipinski definition) is 10. The summed E-state index contributed by atoms with van der Waals surface area (Å²) in [6.07, 6.45) is -11.5. The van der Waals surface area contributed by atoms with Gasteiger partial charge in [-0.05, 0) is 0 Å². The zero-order valence-electron chi connectivity index (χ0n) is 14.0. The number of rotatable bonds is 2. The van der Waals surface area contributed by atoms with Crippen molar-refractivity contribution in [3.8, 4) is 0 Å². The minimum atomic E-state index is -2.17. The van der Waals surface area contributed by atoms with Gasteiger partial charge in [0.1, 0.15) is 42.7 Å². The molecule has 10 N–H and O–H groups in total. The molecule has 0 saturated carbocycles. The quantitative estimate of drug-likeness (QED) is 0.170. The first-order chi connectivity index (χ1) is 11.1. The largest absolute Gasteiger partial charge is 2.00 e. The Morgan fingerprint density at radius 2 is 1.33 bits per heavy atom. The van der Waals surface area contributed by atoms with E-state index in [1.54, 1.807) is 0 Å². The first-order valence-electron chi connectivity index (χ1n) is 7.09. The van der Waals surface area contributed by atoms with Gasteiger partial charge < -0.3 is 85.4 Å². The number of aliphatic hydroxyl groups excluding tert-OH is 9. The third kappa shape index (κ3) is 8.19. The van der Waals surface area contributed by atoms with E-state index in [2.05, 4.69) is 9.47 Å². The van der Waals surface area contributed by atoms with Crippen molar-refractivity contribution in [3.63, 3.8) is 0 Å². The molecule has 9 atom stereocenters. The Bertz CT molecular complexity index is 395. The van der Waals surface area contributed by atoms with Gasteiger partial charge in [-0.15, -0.1) is 0 Å².